The molecule has 8 aromatic rings. The highest BCUT2D eigenvalue weighted by Gasteiger charge is 2.33. The van der Waals surface area contributed by atoms with Crippen molar-refractivity contribution in [2.45, 2.75) is 74.3 Å². The molecule has 6 aromatic heterocycles. The fourth-order valence-corrected chi connectivity index (χ4v) is 7.12. The van der Waals surface area contributed by atoms with E-state index in [9.17, 15) is 45.5 Å². The van der Waals surface area contributed by atoms with Gasteiger partial charge in [-0.25, -0.2) is 29.5 Å². The zero-order valence-electron chi connectivity index (χ0n) is 40.6. The molecule has 0 fully saturated rings. The second kappa shape index (κ2) is 20.4. The molecule has 2 aromatic carbocycles. The number of aromatic nitrogens is 10. The van der Waals surface area contributed by atoms with Gasteiger partial charge in [0.1, 0.15) is 38.2 Å². The summed E-state index contributed by atoms with van der Waals surface area (Å²) in [4.78, 5) is 65.6. The number of esters is 4. The summed E-state index contributed by atoms with van der Waals surface area (Å²) in [5.74, 6) is -2.00. The van der Waals surface area contributed by atoms with Gasteiger partial charge >= 0.3 is 36.2 Å². The van der Waals surface area contributed by atoms with Gasteiger partial charge in [0, 0.05) is 37.3 Å². The summed E-state index contributed by atoms with van der Waals surface area (Å²) in [6.07, 6.45) is -2.96. The normalized spacial score (nSPS) is 12.1. The van der Waals surface area contributed by atoms with Crippen LogP contribution in [0.3, 0.4) is 0 Å². The number of fused-ring (bicyclic) bond motifs is 4. The van der Waals surface area contributed by atoms with Gasteiger partial charge in [-0.15, -0.1) is 0 Å². The van der Waals surface area contributed by atoms with Crippen LogP contribution in [0.2, 0.25) is 0 Å². The van der Waals surface area contributed by atoms with E-state index in [1.807, 2.05) is 0 Å². The minimum absolute atomic E-state index is 0.0556. The summed E-state index contributed by atoms with van der Waals surface area (Å²) >= 11 is 3.21. The first-order valence-electron chi connectivity index (χ1n) is 21.4. The number of alkyl halides is 6. The summed E-state index contributed by atoms with van der Waals surface area (Å²) in [6, 6.07) is 6.97. The lowest BCUT2D eigenvalue weighted by Crippen LogP contribution is -2.24. The van der Waals surface area contributed by atoms with Crippen LogP contribution in [0, 0.1) is 17.8 Å². The van der Waals surface area contributed by atoms with Crippen molar-refractivity contribution in [2.24, 2.45) is 24.9 Å². The SMILES string of the molecule is COC(=O)c1cn(COC(=O)C(C)(C)C)c2ncc(-c3nn(C)c4cc(C(F)(F)F)ccc34)nc12.COC(=O)c1cn(COC(=O)C(C)(C)C)c2ncc(Br)nc12.Cc1nn(C)c2cc(C(F)(F)F)ccc12. The number of carbonyl (C=O) groups is 4. The number of hydrogen-bond acceptors (Lipinski definition) is 14. The predicted octanol–water partition coefficient (Wildman–Crippen LogP) is 9.76. The van der Waals surface area contributed by atoms with Gasteiger partial charge in [-0.05, 0) is 94.7 Å². The molecule has 0 aliphatic carbocycles. The van der Waals surface area contributed by atoms with Crippen molar-refractivity contribution in [3.05, 3.63) is 93.7 Å². The number of nitrogens with zero attached hydrogens (tertiary/aromatic N) is 10. The number of benzene rings is 2. The molecule has 382 valence electrons. The van der Waals surface area contributed by atoms with E-state index in [4.69, 9.17) is 18.9 Å². The zero-order chi connectivity index (χ0) is 53.4. The van der Waals surface area contributed by atoms with Crippen molar-refractivity contribution >= 4 is 83.9 Å². The van der Waals surface area contributed by atoms with Crippen LogP contribution >= 0.6 is 15.9 Å². The number of aryl methyl sites for hydroxylation is 3. The van der Waals surface area contributed by atoms with Gasteiger partial charge in [-0.2, -0.15) is 36.5 Å². The number of halogens is 7. The van der Waals surface area contributed by atoms with Crippen molar-refractivity contribution in [3.63, 3.8) is 0 Å². The molecule has 0 spiro atoms. The largest absolute Gasteiger partial charge is 0.465 e. The Hall–Kier alpha value is -7.44. The van der Waals surface area contributed by atoms with Crippen molar-refractivity contribution < 1.29 is 64.5 Å². The molecule has 0 radical (unpaired) electrons. The van der Waals surface area contributed by atoms with Crippen LogP contribution in [-0.4, -0.2) is 86.7 Å². The molecule has 0 bridgehead atoms. The Balaban J connectivity index is 0.000000194. The molecule has 72 heavy (non-hydrogen) atoms. The highest BCUT2D eigenvalue weighted by Crippen LogP contribution is 2.35. The highest BCUT2D eigenvalue weighted by molar-refractivity contribution is 9.10. The third-order valence-electron chi connectivity index (χ3n) is 10.6. The maximum Gasteiger partial charge on any atom is 0.416 e. The minimum atomic E-state index is -4.49. The maximum atomic E-state index is 13.2. The Morgan fingerprint density at radius 2 is 1.06 bits per heavy atom. The summed E-state index contributed by atoms with van der Waals surface area (Å²) in [7, 11) is 5.66. The van der Waals surface area contributed by atoms with Crippen LogP contribution in [0.25, 0.3) is 55.5 Å². The van der Waals surface area contributed by atoms with Gasteiger partial charge in [0.15, 0.2) is 24.8 Å². The highest BCUT2D eigenvalue weighted by atomic mass is 79.9. The van der Waals surface area contributed by atoms with E-state index in [0.29, 0.717) is 32.4 Å². The molecular formula is C47H47BrF6N10O8. The van der Waals surface area contributed by atoms with E-state index in [0.717, 1.165) is 35.3 Å². The molecule has 0 aliphatic heterocycles. The minimum Gasteiger partial charge on any atom is -0.465 e. The maximum absolute atomic E-state index is 13.2. The van der Waals surface area contributed by atoms with E-state index in [1.165, 1.54) is 72.1 Å². The van der Waals surface area contributed by atoms with Crippen molar-refractivity contribution in [1.82, 2.24) is 48.6 Å². The molecule has 18 nitrogen and oxygen atoms in total. The van der Waals surface area contributed by atoms with Gasteiger partial charge in [0.2, 0.25) is 0 Å². The average molecular weight is 1070 g/mol. The number of hydrogen-bond donors (Lipinski definition) is 0. The van der Waals surface area contributed by atoms with Crippen molar-refractivity contribution in [1.29, 1.82) is 0 Å². The Kier molecular flexibility index (Phi) is 15.2. The number of ether oxygens (including phenoxy) is 4. The Morgan fingerprint density at radius 1 is 0.625 bits per heavy atom. The van der Waals surface area contributed by atoms with Crippen LogP contribution in [0.5, 0.6) is 0 Å². The first-order chi connectivity index (χ1) is 33.4. The lowest BCUT2D eigenvalue weighted by Gasteiger charge is -2.16. The quantitative estimate of drug-likeness (QED) is 0.0829. The van der Waals surface area contributed by atoms with Gasteiger partial charge in [0.05, 0.1) is 65.3 Å². The average Bonchev–Trinajstić information content (AvgIpc) is 4.05. The molecule has 6 heterocycles. The Bertz CT molecular complexity index is 3380. The van der Waals surface area contributed by atoms with E-state index in [1.54, 1.807) is 60.1 Å². The molecule has 0 atom stereocenters. The summed E-state index contributed by atoms with van der Waals surface area (Å²) < 4.78 is 103. The lowest BCUT2D eigenvalue weighted by molar-refractivity contribution is -0.157. The van der Waals surface area contributed by atoms with Crippen LogP contribution in [0.15, 0.2) is 65.8 Å². The van der Waals surface area contributed by atoms with Crippen molar-refractivity contribution in [3.8, 4) is 11.4 Å². The molecule has 25 heteroatoms. The molecule has 0 saturated carbocycles. The third-order valence-corrected chi connectivity index (χ3v) is 11.0. The van der Waals surface area contributed by atoms with Gasteiger partial charge in [0.25, 0.3) is 0 Å². The first kappa shape index (κ1) is 53.9. The second-order valence-corrected chi connectivity index (χ2v) is 18.9. The lowest BCUT2D eigenvalue weighted by atomic mass is 9.97. The van der Waals surface area contributed by atoms with Crippen LogP contribution in [0.1, 0.15) is 79.1 Å². The molecule has 0 saturated heterocycles. The number of methoxy groups -OCH3 is 2. The van der Waals surface area contributed by atoms with E-state index >= 15 is 0 Å². The van der Waals surface area contributed by atoms with Crippen LogP contribution < -0.4 is 0 Å². The Morgan fingerprint density at radius 3 is 1.51 bits per heavy atom. The van der Waals surface area contributed by atoms with E-state index in [2.05, 4.69) is 46.1 Å². The number of carbonyl (C=O) groups excluding carboxylic acids is 4. The summed E-state index contributed by atoms with van der Waals surface area (Å²) in [5.41, 5.74) is 0.879. The number of rotatable bonds is 7. The van der Waals surface area contributed by atoms with Crippen LogP contribution in [0.4, 0.5) is 26.3 Å². The van der Waals surface area contributed by atoms with E-state index in [-0.39, 0.29) is 52.9 Å². The molecular weight excluding hydrogens is 1030 g/mol. The fourth-order valence-electron chi connectivity index (χ4n) is 6.84. The van der Waals surface area contributed by atoms with Crippen molar-refractivity contribution in [2.75, 3.05) is 14.2 Å². The fraction of sp³-hybridized carbons (Fsp3) is 0.362. The molecule has 0 amide bonds. The van der Waals surface area contributed by atoms with Gasteiger partial charge in [-0.3, -0.25) is 28.1 Å². The van der Waals surface area contributed by atoms with Crippen LogP contribution in [-0.2, 0) is 68.4 Å². The monoisotopic (exact) mass is 1070 g/mol. The van der Waals surface area contributed by atoms with Gasteiger partial charge in [-0.1, -0.05) is 6.07 Å². The summed E-state index contributed by atoms with van der Waals surface area (Å²) in [5, 5.41) is 9.59. The zero-order valence-corrected chi connectivity index (χ0v) is 42.2. The van der Waals surface area contributed by atoms with Gasteiger partial charge < -0.3 is 18.9 Å². The molecule has 0 N–H and O–H groups in total. The standard InChI is InChI=1S/C23H22F3N5O4.C14H16BrN3O4.C10H9F3N2/c1-22(2,3)21(33)35-11-31-10-14(20(32)34-5)18-19(31)27-9-15(28-18)17-13-7-6-12(23(24,25)26)8-16(13)30(4)29-17;1-14(2,3)13(20)22-7-18-6-8(12(19)21-4)10-11(18)16-5-9(15)17-10;1-6-8-4-3-7(10(11,12)13)5-9(8)15(2)14-6/h6-10H,11H2,1-5H3;5-6H,7H2,1-4H3;3-5H,1-2H3. The summed E-state index contributed by atoms with van der Waals surface area (Å²) in [6.45, 7) is 11.9. The Labute approximate surface area is 414 Å². The smallest absolute Gasteiger partial charge is 0.416 e. The van der Waals surface area contributed by atoms with E-state index < -0.39 is 52.2 Å². The first-order valence-corrected chi connectivity index (χ1v) is 22.2. The molecule has 0 unspecified atom stereocenters. The topological polar surface area (TPSA) is 202 Å². The predicted molar refractivity (Wildman–Crippen MR) is 252 cm³/mol. The molecule has 8 rings (SSSR count). The second-order valence-electron chi connectivity index (χ2n) is 18.1. The molecule has 0 aliphatic rings. The third kappa shape index (κ3) is 11.7.